The minimum absolute atomic E-state index is 0.611. The molecule has 0 saturated carbocycles. The number of hydrogen-bond acceptors (Lipinski definition) is 2. The fourth-order valence-corrected chi connectivity index (χ4v) is 2.10. The molecular weight excluding hydrogens is 286 g/mol. The van der Waals surface area contributed by atoms with Crippen molar-refractivity contribution in [3.63, 3.8) is 0 Å². The normalized spacial score (nSPS) is 11.0. The van der Waals surface area contributed by atoms with E-state index in [4.69, 9.17) is 46.4 Å². The van der Waals surface area contributed by atoms with E-state index in [1.807, 2.05) is 0 Å². The fourth-order valence-electron chi connectivity index (χ4n) is 0.0778. The predicted octanol–water partition coefficient (Wildman–Crippen LogP) is 2.25. The van der Waals surface area contributed by atoms with E-state index in [2.05, 4.69) is 0 Å². The van der Waals surface area contributed by atoms with Gasteiger partial charge in [0.05, 0.1) is 12.5 Å². The summed E-state index contributed by atoms with van der Waals surface area (Å²) in [6, 6.07) is 0. The van der Waals surface area contributed by atoms with E-state index in [9.17, 15) is 9.11 Å². The van der Waals surface area contributed by atoms with Crippen LogP contribution in [0.25, 0.3) is 0 Å². The van der Waals surface area contributed by atoms with Gasteiger partial charge in [-0.1, -0.05) is 11.2 Å². The van der Waals surface area contributed by atoms with Gasteiger partial charge >= 0.3 is 0 Å². The summed E-state index contributed by atoms with van der Waals surface area (Å²) in [6.07, 6.45) is 3.28. The fraction of sp³-hybridized carbons (Fsp3) is 1.00. The number of rotatable bonds is 2. The molecule has 0 spiro atoms. The van der Waals surface area contributed by atoms with Crippen LogP contribution in [-0.4, -0.2) is 30.0 Å². The van der Waals surface area contributed by atoms with Crippen LogP contribution < -0.4 is 0 Å². The van der Waals surface area contributed by atoms with E-state index in [1.54, 1.807) is 12.5 Å². The largest absolute Gasteiger partial charge is 0.617 e. The van der Waals surface area contributed by atoms with Crippen molar-refractivity contribution in [1.29, 1.82) is 0 Å². The third kappa shape index (κ3) is 14.3. The van der Waals surface area contributed by atoms with Crippen LogP contribution in [0.1, 0.15) is 0 Å². The van der Waals surface area contributed by atoms with E-state index >= 15 is 0 Å². The molecular formula is C4H8Cl4O2S2. The standard InChI is InChI=1S/C2H2Cl4OS.C2H6OS/c3-1(4)8(7)2(5)6;1-4(2)3/h1-2H;1-2H3. The highest BCUT2D eigenvalue weighted by atomic mass is 35.5. The lowest BCUT2D eigenvalue weighted by molar-refractivity contribution is 0.600. The van der Waals surface area contributed by atoms with Crippen molar-refractivity contribution < 1.29 is 9.11 Å². The molecule has 0 aliphatic heterocycles. The lowest BCUT2D eigenvalue weighted by Crippen LogP contribution is -2.15. The molecule has 0 aliphatic carbocycles. The first-order valence-electron chi connectivity index (χ1n) is 2.49. The predicted molar refractivity (Wildman–Crippen MR) is 59.1 cm³/mol. The molecule has 0 atom stereocenters. The number of halogens is 4. The molecule has 0 aromatic carbocycles. The Bertz CT molecular complexity index is 92.3. The van der Waals surface area contributed by atoms with Crippen LogP contribution in [0.3, 0.4) is 0 Å². The summed E-state index contributed by atoms with van der Waals surface area (Å²) in [7, 11) is 0. The molecule has 0 fully saturated rings. The minimum Gasteiger partial charge on any atom is -0.617 e. The Hall–Kier alpha value is 1.78. The van der Waals surface area contributed by atoms with Crippen LogP contribution in [0, 0.1) is 0 Å². The zero-order valence-electron chi connectivity index (χ0n) is 6.30. The molecule has 0 aliphatic rings. The first-order valence-corrected chi connectivity index (χ1v) is 7.48. The Morgan fingerprint density at radius 2 is 1.08 bits per heavy atom. The summed E-state index contributed by atoms with van der Waals surface area (Å²) < 4.78 is 18.0. The smallest absolute Gasteiger partial charge is 0.265 e. The van der Waals surface area contributed by atoms with Crippen molar-refractivity contribution in [3.05, 3.63) is 0 Å². The molecule has 0 aromatic rings. The van der Waals surface area contributed by atoms with Crippen LogP contribution >= 0.6 is 46.4 Å². The molecule has 0 amide bonds. The van der Waals surface area contributed by atoms with Gasteiger partial charge in [0.2, 0.25) is 0 Å². The maximum Gasteiger partial charge on any atom is 0.265 e. The van der Waals surface area contributed by atoms with Gasteiger partial charge in [0.25, 0.3) is 8.34 Å². The molecule has 8 heteroatoms. The third-order valence-electron chi connectivity index (χ3n) is 0.351. The van der Waals surface area contributed by atoms with Crippen molar-refractivity contribution in [3.8, 4) is 0 Å². The first-order chi connectivity index (χ1) is 5.29. The summed E-state index contributed by atoms with van der Waals surface area (Å²) in [6.45, 7) is 0. The van der Waals surface area contributed by atoms with Crippen molar-refractivity contribution in [2.45, 2.75) is 8.34 Å². The second-order valence-electron chi connectivity index (χ2n) is 1.59. The molecule has 0 radical (unpaired) electrons. The molecule has 76 valence electrons. The Kier molecular flexibility index (Phi) is 12.6. The first kappa shape index (κ1) is 16.2. The number of hydrogen-bond donors (Lipinski definition) is 0. The Morgan fingerprint density at radius 1 is 0.917 bits per heavy atom. The van der Waals surface area contributed by atoms with Crippen LogP contribution in [0.15, 0.2) is 0 Å². The lowest BCUT2D eigenvalue weighted by Gasteiger charge is -2.10. The molecule has 0 aromatic heterocycles. The van der Waals surface area contributed by atoms with Crippen LogP contribution in [0.4, 0.5) is 0 Å². The summed E-state index contributed by atoms with van der Waals surface area (Å²) in [5.41, 5.74) is 0. The zero-order valence-corrected chi connectivity index (χ0v) is 11.0. The molecule has 0 bridgehead atoms. The molecule has 2 nitrogen and oxygen atoms in total. The molecule has 0 rings (SSSR count). The van der Waals surface area contributed by atoms with Gasteiger partial charge in [-0.05, 0) is 46.4 Å². The molecule has 0 saturated heterocycles. The second kappa shape index (κ2) is 9.34. The minimum atomic E-state index is -1.56. The Balaban J connectivity index is 0. The summed E-state index contributed by atoms with van der Waals surface area (Å²) in [5, 5.41) is 0. The highest BCUT2D eigenvalue weighted by molar-refractivity contribution is 7.97. The molecule has 0 unspecified atom stereocenters. The van der Waals surface area contributed by atoms with Crippen molar-refractivity contribution in [2.24, 2.45) is 0 Å². The van der Waals surface area contributed by atoms with Gasteiger partial charge in [0, 0.05) is 11.2 Å². The SMILES string of the molecule is C[S+](C)[O-].[O-][S+](C(Cl)Cl)C(Cl)Cl. The Morgan fingerprint density at radius 3 is 1.08 bits per heavy atom. The van der Waals surface area contributed by atoms with Gasteiger partial charge in [-0.25, -0.2) is 0 Å². The second-order valence-corrected chi connectivity index (χ2v) is 7.90. The van der Waals surface area contributed by atoms with Crippen LogP contribution in [-0.2, 0) is 22.4 Å². The highest BCUT2D eigenvalue weighted by Gasteiger charge is 2.23. The maximum absolute atomic E-state index is 10.4. The van der Waals surface area contributed by atoms with Gasteiger partial charge in [0.15, 0.2) is 0 Å². The zero-order chi connectivity index (χ0) is 10.3. The number of alkyl halides is 4. The Labute approximate surface area is 98.2 Å². The van der Waals surface area contributed by atoms with E-state index < -0.39 is 30.7 Å². The third-order valence-corrected chi connectivity index (χ3v) is 3.16. The quantitative estimate of drug-likeness (QED) is 0.579. The average molecular weight is 294 g/mol. The summed E-state index contributed by atoms with van der Waals surface area (Å²) >= 11 is 18.3. The maximum atomic E-state index is 10.4. The summed E-state index contributed by atoms with van der Waals surface area (Å²) in [4.78, 5) is 0. The topological polar surface area (TPSA) is 46.1 Å². The summed E-state index contributed by atoms with van der Waals surface area (Å²) in [5.74, 6) is 0. The average Bonchev–Trinajstić information content (AvgIpc) is 1.84. The lowest BCUT2D eigenvalue weighted by atomic mass is 11.8. The van der Waals surface area contributed by atoms with Crippen LogP contribution in [0.2, 0.25) is 0 Å². The highest BCUT2D eigenvalue weighted by Crippen LogP contribution is 2.21. The van der Waals surface area contributed by atoms with Crippen molar-refractivity contribution >= 4 is 68.8 Å². The van der Waals surface area contributed by atoms with Gasteiger partial charge in [-0.2, -0.15) is 0 Å². The van der Waals surface area contributed by atoms with Gasteiger partial charge < -0.3 is 9.11 Å². The van der Waals surface area contributed by atoms with Crippen LogP contribution in [0.5, 0.6) is 0 Å². The van der Waals surface area contributed by atoms with E-state index in [0.717, 1.165) is 0 Å². The van der Waals surface area contributed by atoms with E-state index in [0.29, 0.717) is 0 Å². The van der Waals surface area contributed by atoms with E-state index in [1.165, 1.54) is 0 Å². The van der Waals surface area contributed by atoms with Gasteiger partial charge in [0.1, 0.15) is 0 Å². The van der Waals surface area contributed by atoms with E-state index in [-0.39, 0.29) is 0 Å². The van der Waals surface area contributed by atoms with Crippen molar-refractivity contribution in [1.82, 2.24) is 0 Å². The molecule has 0 N–H and O–H groups in total. The van der Waals surface area contributed by atoms with Gasteiger partial charge in [-0.15, -0.1) is 0 Å². The van der Waals surface area contributed by atoms with Crippen molar-refractivity contribution in [2.75, 3.05) is 12.5 Å². The molecule has 12 heavy (non-hydrogen) atoms. The monoisotopic (exact) mass is 292 g/mol. The molecule has 0 heterocycles. The van der Waals surface area contributed by atoms with Gasteiger partial charge in [-0.3, -0.25) is 0 Å².